The van der Waals surface area contributed by atoms with Crippen LogP contribution in [0.25, 0.3) is 0 Å². The van der Waals surface area contributed by atoms with E-state index in [-0.39, 0.29) is 0 Å². The molecule has 18 heavy (non-hydrogen) atoms. The zero-order valence-electron chi connectivity index (χ0n) is 9.90. The number of alkyl halides is 1. The van der Waals surface area contributed by atoms with E-state index in [0.29, 0.717) is 0 Å². The molecule has 0 aliphatic heterocycles. The normalized spacial score (nSPS) is 9.28. The first-order valence-corrected chi connectivity index (χ1v) is 5.26. The predicted molar refractivity (Wildman–Crippen MR) is 59.9 cm³/mol. The van der Waals surface area contributed by atoms with Crippen molar-refractivity contribution in [2.24, 2.45) is 0 Å². The number of ether oxygens (including phenoxy) is 2. The van der Waals surface area contributed by atoms with Crippen molar-refractivity contribution in [3.63, 3.8) is 0 Å². The molecular weight excluding hydrogens is 268 g/mol. The lowest BCUT2D eigenvalue weighted by Crippen LogP contribution is -2.47. The maximum atomic E-state index is 11.5. The molecule has 0 atom stereocenters. The van der Waals surface area contributed by atoms with Gasteiger partial charge in [0, 0.05) is 0 Å². The first kappa shape index (κ1) is 16.2. The van der Waals surface area contributed by atoms with Crippen LogP contribution in [0.2, 0.25) is 0 Å². The summed E-state index contributed by atoms with van der Waals surface area (Å²) in [6.45, 7) is -0.986. The highest BCUT2D eigenvalue weighted by molar-refractivity contribution is 6.28. The fraction of sp³-hybridized carbons (Fsp3) is 0.556. The molecule has 9 heteroatoms. The Labute approximate surface area is 108 Å². The number of methoxy groups -OCH3 is 2. The largest absolute Gasteiger partial charge is 0.468 e. The molecule has 0 radical (unpaired) electrons. The first-order chi connectivity index (χ1) is 8.44. The van der Waals surface area contributed by atoms with Crippen molar-refractivity contribution in [1.82, 2.24) is 10.2 Å². The van der Waals surface area contributed by atoms with Crippen LogP contribution < -0.4 is 5.32 Å². The topological polar surface area (TPSA) is 102 Å². The summed E-state index contributed by atoms with van der Waals surface area (Å²) in [4.78, 5) is 45.3. The summed E-state index contributed by atoms with van der Waals surface area (Å²) in [5.41, 5.74) is 0. The van der Waals surface area contributed by atoms with E-state index in [1.807, 2.05) is 5.32 Å². The molecule has 0 aliphatic rings. The third-order valence-electron chi connectivity index (χ3n) is 1.75. The summed E-state index contributed by atoms with van der Waals surface area (Å²) >= 11 is 5.20. The molecule has 0 bridgehead atoms. The van der Waals surface area contributed by atoms with E-state index in [9.17, 15) is 19.2 Å². The van der Waals surface area contributed by atoms with Crippen LogP contribution in [0.1, 0.15) is 0 Å². The number of esters is 2. The Kier molecular flexibility index (Phi) is 7.45. The van der Waals surface area contributed by atoms with Gasteiger partial charge in [-0.05, 0) is 0 Å². The van der Waals surface area contributed by atoms with Crippen molar-refractivity contribution in [2.45, 2.75) is 0 Å². The lowest BCUT2D eigenvalue weighted by molar-refractivity contribution is -0.144. The molecule has 0 aromatic rings. The van der Waals surface area contributed by atoms with Crippen LogP contribution in [0.15, 0.2) is 0 Å². The fourth-order valence-electron chi connectivity index (χ4n) is 0.872. The third-order valence-corrected chi connectivity index (χ3v) is 1.99. The van der Waals surface area contributed by atoms with E-state index in [1.165, 1.54) is 0 Å². The van der Waals surface area contributed by atoms with Gasteiger partial charge in [-0.2, -0.15) is 0 Å². The quantitative estimate of drug-likeness (QED) is 0.518. The van der Waals surface area contributed by atoms with Crippen LogP contribution >= 0.6 is 11.6 Å². The summed E-state index contributed by atoms with van der Waals surface area (Å²) in [7, 11) is 2.25. The van der Waals surface area contributed by atoms with E-state index in [0.717, 1.165) is 19.1 Å². The molecular formula is C9H13ClN2O6. The van der Waals surface area contributed by atoms with Crippen LogP contribution in [0.5, 0.6) is 0 Å². The van der Waals surface area contributed by atoms with Gasteiger partial charge in [-0.3, -0.25) is 19.7 Å². The molecule has 0 aromatic carbocycles. The molecule has 0 spiro atoms. The number of rotatable bonds is 5. The second-order valence-electron chi connectivity index (χ2n) is 3.00. The lowest BCUT2D eigenvalue weighted by Gasteiger charge is -2.19. The fourth-order valence-corrected chi connectivity index (χ4v) is 0.939. The maximum Gasteiger partial charge on any atom is 0.325 e. The first-order valence-electron chi connectivity index (χ1n) is 4.73. The van der Waals surface area contributed by atoms with Crippen molar-refractivity contribution >= 4 is 35.5 Å². The molecule has 0 heterocycles. The standard InChI is InChI=1S/C9H13ClN2O6/c1-17-7(14)4-12(5-8(15)18-2)9(16)11-6(13)3-10/h3-5H2,1-2H3,(H,11,13,16). The monoisotopic (exact) mass is 280 g/mol. The van der Waals surface area contributed by atoms with Gasteiger partial charge in [0.05, 0.1) is 14.2 Å². The molecule has 8 nitrogen and oxygen atoms in total. The smallest absolute Gasteiger partial charge is 0.325 e. The summed E-state index contributed by atoms with van der Waals surface area (Å²) < 4.78 is 8.71. The zero-order chi connectivity index (χ0) is 14.1. The number of carbonyl (C=O) groups excluding carboxylic acids is 4. The van der Waals surface area contributed by atoms with Gasteiger partial charge in [-0.1, -0.05) is 0 Å². The SMILES string of the molecule is COC(=O)CN(CC(=O)OC)C(=O)NC(=O)CCl. The second-order valence-corrected chi connectivity index (χ2v) is 3.26. The molecule has 3 amide bonds. The van der Waals surface area contributed by atoms with Gasteiger partial charge in [0.15, 0.2) is 0 Å². The molecule has 1 N–H and O–H groups in total. The van der Waals surface area contributed by atoms with Crippen LogP contribution in [0.4, 0.5) is 4.79 Å². The Morgan fingerprint density at radius 2 is 1.50 bits per heavy atom. The highest BCUT2D eigenvalue weighted by Crippen LogP contribution is 1.93. The van der Waals surface area contributed by atoms with Gasteiger partial charge < -0.3 is 14.4 Å². The summed E-state index contributed by atoms with van der Waals surface area (Å²) in [5, 5.41) is 1.89. The summed E-state index contributed by atoms with van der Waals surface area (Å²) in [5.74, 6) is -2.66. The Hall–Kier alpha value is -1.83. The second kappa shape index (κ2) is 8.29. The molecule has 0 unspecified atom stereocenters. The average Bonchev–Trinajstić information content (AvgIpc) is 2.36. The van der Waals surface area contributed by atoms with Crippen molar-refractivity contribution in [2.75, 3.05) is 33.2 Å². The average molecular weight is 281 g/mol. The zero-order valence-corrected chi connectivity index (χ0v) is 10.7. The maximum absolute atomic E-state index is 11.5. The van der Waals surface area contributed by atoms with Crippen LogP contribution in [-0.2, 0) is 23.9 Å². The molecule has 102 valence electrons. The predicted octanol–water partition coefficient (Wildman–Crippen LogP) is -0.891. The number of amides is 3. The number of carbonyl (C=O) groups is 4. The number of imide groups is 1. The number of nitrogens with zero attached hydrogens (tertiary/aromatic N) is 1. The van der Waals surface area contributed by atoms with Gasteiger partial charge in [-0.25, -0.2) is 4.79 Å². The minimum atomic E-state index is -0.934. The Balaban J connectivity index is 4.63. The van der Waals surface area contributed by atoms with E-state index >= 15 is 0 Å². The summed E-state index contributed by atoms with van der Waals surface area (Å²) in [6.07, 6.45) is 0. The Bertz CT molecular complexity index is 328. The van der Waals surface area contributed by atoms with Crippen molar-refractivity contribution < 1.29 is 28.7 Å². The lowest BCUT2D eigenvalue weighted by atomic mass is 10.5. The number of hydrogen-bond donors (Lipinski definition) is 1. The number of halogens is 1. The highest BCUT2D eigenvalue weighted by atomic mass is 35.5. The molecule has 0 rings (SSSR count). The Morgan fingerprint density at radius 1 is 1.06 bits per heavy atom. The van der Waals surface area contributed by atoms with Crippen molar-refractivity contribution in [3.8, 4) is 0 Å². The van der Waals surface area contributed by atoms with E-state index in [1.54, 1.807) is 0 Å². The highest BCUT2D eigenvalue weighted by Gasteiger charge is 2.22. The minimum Gasteiger partial charge on any atom is -0.468 e. The summed E-state index contributed by atoms with van der Waals surface area (Å²) in [6, 6.07) is -0.934. The minimum absolute atomic E-state index is 0.421. The molecule has 0 aromatic heterocycles. The van der Waals surface area contributed by atoms with Gasteiger partial charge in [-0.15, -0.1) is 11.6 Å². The van der Waals surface area contributed by atoms with Crippen molar-refractivity contribution in [1.29, 1.82) is 0 Å². The molecule has 0 saturated carbocycles. The van der Waals surface area contributed by atoms with E-state index < -0.39 is 42.8 Å². The van der Waals surface area contributed by atoms with Crippen LogP contribution in [0.3, 0.4) is 0 Å². The molecule has 0 aliphatic carbocycles. The Morgan fingerprint density at radius 3 is 1.83 bits per heavy atom. The number of nitrogens with one attached hydrogen (secondary N) is 1. The van der Waals surface area contributed by atoms with E-state index in [2.05, 4.69) is 9.47 Å². The third kappa shape index (κ3) is 6.04. The van der Waals surface area contributed by atoms with Crippen LogP contribution in [0, 0.1) is 0 Å². The van der Waals surface area contributed by atoms with E-state index in [4.69, 9.17) is 11.6 Å². The number of urea groups is 1. The number of hydrogen-bond acceptors (Lipinski definition) is 6. The van der Waals surface area contributed by atoms with Crippen molar-refractivity contribution in [3.05, 3.63) is 0 Å². The van der Waals surface area contributed by atoms with Gasteiger partial charge in [0.2, 0.25) is 5.91 Å². The van der Waals surface area contributed by atoms with Gasteiger partial charge in [0.1, 0.15) is 19.0 Å². The van der Waals surface area contributed by atoms with Crippen LogP contribution in [-0.4, -0.2) is 62.0 Å². The molecule has 0 saturated heterocycles. The molecule has 0 fully saturated rings. The van der Waals surface area contributed by atoms with Gasteiger partial charge >= 0.3 is 18.0 Å². The van der Waals surface area contributed by atoms with Gasteiger partial charge in [0.25, 0.3) is 0 Å².